The molecule has 2 aromatic rings. The first-order valence-electron chi connectivity index (χ1n) is 7.97. The molecule has 0 saturated heterocycles. The van der Waals surface area contributed by atoms with E-state index in [0.29, 0.717) is 12.5 Å². The van der Waals surface area contributed by atoms with Gasteiger partial charge in [-0.2, -0.15) is 0 Å². The van der Waals surface area contributed by atoms with Crippen LogP contribution < -0.4 is 15.8 Å². The molecule has 0 amide bonds. The van der Waals surface area contributed by atoms with Crippen molar-refractivity contribution in [2.24, 2.45) is 10.7 Å². The first-order valence-corrected chi connectivity index (χ1v) is 8.85. The monoisotopic (exact) mass is 331 g/mol. The van der Waals surface area contributed by atoms with Crippen molar-refractivity contribution in [1.29, 1.82) is 0 Å². The second kappa shape index (κ2) is 9.20. The van der Waals surface area contributed by atoms with Crippen LogP contribution in [-0.2, 0) is 6.42 Å². The molecule has 0 spiro atoms. The fraction of sp³-hybridized carbons (Fsp3) is 0.389. The highest BCUT2D eigenvalue weighted by Gasteiger charge is 2.08. The number of hydrogen-bond donors (Lipinski definition) is 2. The Hall–Kier alpha value is -2.01. The molecule has 5 heteroatoms. The molecule has 1 heterocycles. The van der Waals surface area contributed by atoms with Crippen molar-refractivity contribution in [3.8, 4) is 5.75 Å². The van der Waals surface area contributed by atoms with Crippen molar-refractivity contribution in [1.82, 2.24) is 5.32 Å². The highest BCUT2D eigenvalue weighted by molar-refractivity contribution is 7.09. The van der Waals surface area contributed by atoms with Crippen LogP contribution in [0.1, 0.15) is 23.8 Å². The summed E-state index contributed by atoms with van der Waals surface area (Å²) in [7, 11) is 0. The van der Waals surface area contributed by atoms with E-state index in [1.807, 2.05) is 18.2 Å². The van der Waals surface area contributed by atoms with Gasteiger partial charge < -0.3 is 15.8 Å². The average molecular weight is 331 g/mol. The van der Waals surface area contributed by atoms with Gasteiger partial charge in [0.1, 0.15) is 11.9 Å². The summed E-state index contributed by atoms with van der Waals surface area (Å²) in [6, 6.07) is 12.3. The number of nitrogens with two attached hydrogens (primary N) is 1. The van der Waals surface area contributed by atoms with Gasteiger partial charge in [-0.1, -0.05) is 25.1 Å². The number of aryl methyl sites for hydroxylation is 1. The second-order valence-electron chi connectivity index (χ2n) is 5.45. The third kappa shape index (κ3) is 6.32. The minimum absolute atomic E-state index is 0.0365. The number of nitrogens with one attached hydrogen (secondary N) is 1. The predicted octanol–water partition coefficient (Wildman–Crippen LogP) is 3.36. The van der Waals surface area contributed by atoms with Crippen LogP contribution in [0.3, 0.4) is 0 Å². The predicted molar refractivity (Wildman–Crippen MR) is 98.4 cm³/mol. The van der Waals surface area contributed by atoms with Gasteiger partial charge in [-0.25, -0.2) is 4.99 Å². The normalized spacial score (nSPS) is 12.9. The van der Waals surface area contributed by atoms with Gasteiger partial charge in [0.25, 0.3) is 0 Å². The van der Waals surface area contributed by atoms with Gasteiger partial charge in [-0.15, -0.1) is 11.3 Å². The van der Waals surface area contributed by atoms with Gasteiger partial charge in [0.15, 0.2) is 5.96 Å². The van der Waals surface area contributed by atoms with Gasteiger partial charge in [0.05, 0.1) is 6.54 Å². The van der Waals surface area contributed by atoms with Crippen LogP contribution in [0.2, 0.25) is 0 Å². The minimum Gasteiger partial charge on any atom is -0.489 e. The van der Waals surface area contributed by atoms with Crippen molar-refractivity contribution in [2.75, 3.05) is 13.1 Å². The van der Waals surface area contributed by atoms with Gasteiger partial charge in [-0.05, 0) is 48.9 Å². The molecule has 124 valence electrons. The number of ether oxygens (including phenoxy) is 1. The second-order valence-corrected chi connectivity index (χ2v) is 6.48. The van der Waals surface area contributed by atoms with E-state index in [2.05, 4.69) is 47.7 Å². The molecule has 1 aromatic carbocycles. The van der Waals surface area contributed by atoms with E-state index < -0.39 is 0 Å². The first-order chi connectivity index (χ1) is 11.2. The largest absolute Gasteiger partial charge is 0.489 e. The van der Waals surface area contributed by atoms with E-state index in [1.54, 1.807) is 11.3 Å². The molecule has 0 saturated carbocycles. The van der Waals surface area contributed by atoms with E-state index in [9.17, 15) is 0 Å². The lowest BCUT2D eigenvalue weighted by molar-refractivity contribution is 0.205. The molecule has 0 fully saturated rings. The van der Waals surface area contributed by atoms with Crippen LogP contribution in [0.25, 0.3) is 0 Å². The highest BCUT2D eigenvalue weighted by Crippen LogP contribution is 2.15. The van der Waals surface area contributed by atoms with Crippen LogP contribution in [-0.4, -0.2) is 25.2 Å². The molecular formula is C18H25N3OS. The minimum atomic E-state index is 0.0365. The van der Waals surface area contributed by atoms with E-state index in [-0.39, 0.29) is 6.10 Å². The number of rotatable bonds is 8. The lowest BCUT2D eigenvalue weighted by Crippen LogP contribution is -2.34. The van der Waals surface area contributed by atoms with Crippen molar-refractivity contribution in [3.63, 3.8) is 0 Å². The summed E-state index contributed by atoms with van der Waals surface area (Å²) in [4.78, 5) is 5.74. The zero-order valence-corrected chi connectivity index (χ0v) is 14.6. The summed E-state index contributed by atoms with van der Waals surface area (Å²) in [5, 5.41) is 5.24. The molecule has 3 N–H and O–H groups in total. The van der Waals surface area contributed by atoms with Gasteiger partial charge >= 0.3 is 0 Å². The molecule has 0 bridgehead atoms. The number of nitrogens with zero attached hydrogens (tertiary/aromatic N) is 1. The highest BCUT2D eigenvalue weighted by atomic mass is 32.1. The first kappa shape index (κ1) is 17.3. The Morgan fingerprint density at radius 1 is 1.35 bits per heavy atom. The van der Waals surface area contributed by atoms with E-state index in [1.165, 1.54) is 10.4 Å². The summed E-state index contributed by atoms with van der Waals surface area (Å²) < 4.78 is 5.97. The molecule has 1 atom stereocenters. The molecule has 4 nitrogen and oxygen atoms in total. The summed E-state index contributed by atoms with van der Waals surface area (Å²) in [5.74, 6) is 1.36. The molecular weight excluding hydrogens is 306 g/mol. The van der Waals surface area contributed by atoms with E-state index in [0.717, 1.165) is 25.1 Å². The Morgan fingerprint density at radius 3 is 2.91 bits per heavy atom. The lowest BCUT2D eigenvalue weighted by atomic mass is 10.2. The molecule has 0 aliphatic heterocycles. The van der Waals surface area contributed by atoms with Crippen molar-refractivity contribution >= 4 is 17.3 Å². The Labute approximate surface area is 142 Å². The molecule has 2 rings (SSSR count). The van der Waals surface area contributed by atoms with E-state index >= 15 is 0 Å². The number of benzene rings is 1. The third-order valence-corrected chi connectivity index (χ3v) is 4.41. The summed E-state index contributed by atoms with van der Waals surface area (Å²) in [6.45, 7) is 5.51. The molecule has 1 aromatic heterocycles. The maximum absolute atomic E-state index is 5.97. The average Bonchev–Trinajstić information content (AvgIpc) is 3.05. The lowest BCUT2D eigenvalue weighted by Gasteiger charge is -2.16. The summed E-state index contributed by atoms with van der Waals surface area (Å²) >= 11 is 1.76. The number of thiophene rings is 1. The zero-order valence-electron chi connectivity index (χ0n) is 13.8. The van der Waals surface area contributed by atoms with Crippen LogP contribution in [0.4, 0.5) is 0 Å². The fourth-order valence-corrected chi connectivity index (χ4v) is 2.86. The molecule has 0 aliphatic carbocycles. The van der Waals surface area contributed by atoms with E-state index in [4.69, 9.17) is 10.5 Å². The zero-order chi connectivity index (χ0) is 16.5. The van der Waals surface area contributed by atoms with Crippen LogP contribution in [0, 0.1) is 6.92 Å². The van der Waals surface area contributed by atoms with Crippen molar-refractivity contribution in [3.05, 3.63) is 52.2 Å². The van der Waals surface area contributed by atoms with Crippen molar-refractivity contribution in [2.45, 2.75) is 32.8 Å². The fourth-order valence-electron chi connectivity index (χ4n) is 2.16. The van der Waals surface area contributed by atoms with Gasteiger partial charge in [0, 0.05) is 11.4 Å². The maximum Gasteiger partial charge on any atom is 0.188 e. The molecule has 1 unspecified atom stereocenters. The molecule has 23 heavy (non-hydrogen) atoms. The maximum atomic E-state index is 5.97. The standard InChI is InChI=1S/C18H25N3OS/c1-3-15(22-16-7-4-6-14(2)12-16)13-21-18(19)20-10-9-17-8-5-11-23-17/h4-8,11-12,15H,3,9-10,13H2,1-2H3,(H3,19,20,21). The summed E-state index contributed by atoms with van der Waals surface area (Å²) in [6.07, 6.45) is 1.89. The van der Waals surface area contributed by atoms with Crippen molar-refractivity contribution < 1.29 is 4.74 Å². The van der Waals surface area contributed by atoms with Gasteiger partial charge in [-0.3, -0.25) is 0 Å². The Kier molecular flexibility index (Phi) is 6.94. The van der Waals surface area contributed by atoms with Crippen LogP contribution in [0.15, 0.2) is 46.8 Å². The number of guanidine groups is 1. The molecule has 0 radical (unpaired) electrons. The Bertz CT molecular complexity index is 610. The summed E-state index contributed by atoms with van der Waals surface area (Å²) in [5.41, 5.74) is 7.11. The Morgan fingerprint density at radius 2 is 2.22 bits per heavy atom. The van der Waals surface area contributed by atoms with Gasteiger partial charge in [0.2, 0.25) is 0 Å². The SMILES string of the molecule is CCC(CN=C(N)NCCc1cccs1)Oc1cccc(C)c1. The molecule has 0 aliphatic rings. The van der Waals surface area contributed by atoms with Crippen LogP contribution >= 0.6 is 11.3 Å². The number of aliphatic imine (C=N–C) groups is 1. The topological polar surface area (TPSA) is 59.6 Å². The quantitative estimate of drug-likeness (QED) is 0.576. The Balaban J connectivity index is 1.76. The van der Waals surface area contributed by atoms with Crippen LogP contribution in [0.5, 0.6) is 5.75 Å². The smallest absolute Gasteiger partial charge is 0.188 e. The third-order valence-electron chi connectivity index (χ3n) is 3.47. The number of hydrogen-bond acceptors (Lipinski definition) is 3.